The standard InChI is InChI=1S/C15H20FNO/c1-3-17-15(12-5-4-8-18-10-12)13-9-11(2)6-7-14(13)16/h6-7,9-10,15,17H,3-5,8H2,1-2H3. The summed E-state index contributed by atoms with van der Waals surface area (Å²) in [6.45, 7) is 5.58. The zero-order valence-corrected chi connectivity index (χ0v) is 11.0. The van der Waals surface area contributed by atoms with Crippen LogP contribution < -0.4 is 5.32 Å². The van der Waals surface area contributed by atoms with Crippen molar-refractivity contribution in [3.05, 3.63) is 47.0 Å². The van der Waals surface area contributed by atoms with Gasteiger partial charge >= 0.3 is 0 Å². The van der Waals surface area contributed by atoms with Crippen LogP contribution in [-0.2, 0) is 4.74 Å². The molecule has 1 unspecified atom stereocenters. The number of nitrogens with one attached hydrogen (secondary N) is 1. The fraction of sp³-hybridized carbons (Fsp3) is 0.467. The highest BCUT2D eigenvalue weighted by Crippen LogP contribution is 2.29. The zero-order chi connectivity index (χ0) is 13.0. The number of benzene rings is 1. The molecule has 1 aromatic carbocycles. The Morgan fingerprint density at radius 1 is 1.44 bits per heavy atom. The summed E-state index contributed by atoms with van der Waals surface area (Å²) < 4.78 is 19.4. The van der Waals surface area contributed by atoms with Crippen LogP contribution in [0.2, 0.25) is 0 Å². The van der Waals surface area contributed by atoms with Gasteiger partial charge in [0.1, 0.15) is 5.82 Å². The lowest BCUT2D eigenvalue weighted by atomic mass is 9.94. The quantitative estimate of drug-likeness (QED) is 0.882. The largest absolute Gasteiger partial charge is 0.501 e. The summed E-state index contributed by atoms with van der Waals surface area (Å²) in [5.74, 6) is -0.155. The third-order valence-electron chi connectivity index (χ3n) is 3.20. The molecule has 0 aliphatic carbocycles. The Labute approximate surface area is 108 Å². The maximum atomic E-state index is 14.0. The summed E-state index contributed by atoms with van der Waals surface area (Å²) in [7, 11) is 0. The molecule has 1 atom stereocenters. The summed E-state index contributed by atoms with van der Waals surface area (Å²) in [5.41, 5.74) is 2.92. The fourth-order valence-corrected chi connectivity index (χ4v) is 2.33. The molecule has 0 aromatic heterocycles. The summed E-state index contributed by atoms with van der Waals surface area (Å²) >= 11 is 0. The van der Waals surface area contributed by atoms with E-state index in [0.717, 1.165) is 37.1 Å². The third-order valence-corrected chi connectivity index (χ3v) is 3.20. The van der Waals surface area contributed by atoms with E-state index in [-0.39, 0.29) is 11.9 Å². The van der Waals surface area contributed by atoms with Crippen molar-refractivity contribution in [1.29, 1.82) is 0 Å². The van der Waals surface area contributed by atoms with Gasteiger partial charge in [-0.15, -0.1) is 0 Å². The highest BCUT2D eigenvalue weighted by molar-refractivity contribution is 5.32. The van der Waals surface area contributed by atoms with Crippen LogP contribution in [-0.4, -0.2) is 13.2 Å². The van der Waals surface area contributed by atoms with E-state index in [2.05, 4.69) is 5.32 Å². The Bertz CT molecular complexity index is 442. The summed E-state index contributed by atoms with van der Waals surface area (Å²) in [6.07, 6.45) is 3.75. The minimum atomic E-state index is -0.155. The number of hydrogen-bond donors (Lipinski definition) is 1. The average Bonchev–Trinajstić information content (AvgIpc) is 2.40. The van der Waals surface area contributed by atoms with Gasteiger partial charge in [0.05, 0.1) is 18.9 Å². The first-order chi connectivity index (χ1) is 8.72. The molecule has 0 spiro atoms. The number of ether oxygens (including phenoxy) is 1. The molecule has 18 heavy (non-hydrogen) atoms. The van der Waals surface area contributed by atoms with Gasteiger partial charge in [0.15, 0.2) is 0 Å². The lowest BCUT2D eigenvalue weighted by Gasteiger charge is -2.25. The normalized spacial score (nSPS) is 16.9. The van der Waals surface area contributed by atoms with Crippen LogP contribution in [0.4, 0.5) is 4.39 Å². The van der Waals surface area contributed by atoms with E-state index >= 15 is 0 Å². The molecule has 2 rings (SSSR count). The Morgan fingerprint density at radius 3 is 2.94 bits per heavy atom. The van der Waals surface area contributed by atoms with E-state index in [0.29, 0.717) is 5.56 Å². The lowest BCUT2D eigenvalue weighted by molar-refractivity contribution is 0.219. The highest BCUT2D eigenvalue weighted by atomic mass is 19.1. The molecule has 0 amide bonds. The van der Waals surface area contributed by atoms with Crippen LogP contribution in [0.1, 0.15) is 36.9 Å². The van der Waals surface area contributed by atoms with E-state index in [9.17, 15) is 4.39 Å². The maximum absolute atomic E-state index is 14.0. The van der Waals surface area contributed by atoms with Crippen LogP contribution in [0.5, 0.6) is 0 Å². The van der Waals surface area contributed by atoms with Gasteiger partial charge in [-0.3, -0.25) is 0 Å². The highest BCUT2D eigenvalue weighted by Gasteiger charge is 2.21. The molecule has 3 heteroatoms. The van der Waals surface area contributed by atoms with Crippen molar-refractivity contribution >= 4 is 0 Å². The molecule has 1 N–H and O–H groups in total. The number of likely N-dealkylation sites (N-methyl/N-ethyl adjacent to an activating group) is 1. The predicted molar refractivity (Wildman–Crippen MR) is 70.8 cm³/mol. The van der Waals surface area contributed by atoms with Crippen molar-refractivity contribution in [1.82, 2.24) is 5.32 Å². The second kappa shape index (κ2) is 6.01. The fourth-order valence-electron chi connectivity index (χ4n) is 2.33. The molecule has 1 aliphatic heterocycles. The first-order valence-corrected chi connectivity index (χ1v) is 6.52. The van der Waals surface area contributed by atoms with Gasteiger partial charge in [-0.05, 0) is 37.9 Å². The number of halogens is 1. The zero-order valence-electron chi connectivity index (χ0n) is 11.0. The van der Waals surface area contributed by atoms with Gasteiger partial charge in [0.2, 0.25) is 0 Å². The van der Waals surface area contributed by atoms with Gasteiger partial charge in [-0.2, -0.15) is 0 Å². The molecular formula is C15H20FNO. The smallest absolute Gasteiger partial charge is 0.128 e. The third kappa shape index (κ3) is 2.91. The lowest BCUT2D eigenvalue weighted by Crippen LogP contribution is -2.25. The number of rotatable bonds is 4. The van der Waals surface area contributed by atoms with E-state index < -0.39 is 0 Å². The number of hydrogen-bond acceptors (Lipinski definition) is 2. The molecule has 2 nitrogen and oxygen atoms in total. The minimum absolute atomic E-state index is 0.0739. The molecule has 1 heterocycles. The van der Waals surface area contributed by atoms with E-state index in [4.69, 9.17) is 4.74 Å². The molecule has 1 aromatic rings. The molecule has 0 saturated heterocycles. The van der Waals surface area contributed by atoms with Gasteiger partial charge in [0.25, 0.3) is 0 Å². The van der Waals surface area contributed by atoms with Gasteiger partial charge in [0, 0.05) is 5.56 Å². The predicted octanol–water partition coefficient (Wildman–Crippen LogP) is 3.48. The van der Waals surface area contributed by atoms with Crippen LogP contribution in [0.25, 0.3) is 0 Å². The first kappa shape index (κ1) is 13.1. The average molecular weight is 249 g/mol. The topological polar surface area (TPSA) is 21.3 Å². The Hall–Kier alpha value is -1.35. The molecule has 0 fully saturated rings. The van der Waals surface area contributed by atoms with E-state index in [1.807, 2.05) is 19.9 Å². The Kier molecular flexibility index (Phi) is 4.37. The molecule has 1 aliphatic rings. The van der Waals surface area contributed by atoms with Crippen molar-refractivity contribution in [2.45, 2.75) is 32.7 Å². The van der Waals surface area contributed by atoms with Crippen LogP contribution in [0.15, 0.2) is 30.0 Å². The second-order valence-corrected chi connectivity index (χ2v) is 4.68. The summed E-state index contributed by atoms with van der Waals surface area (Å²) in [4.78, 5) is 0. The minimum Gasteiger partial charge on any atom is -0.501 e. The van der Waals surface area contributed by atoms with E-state index in [1.54, 1.807) is 18.4 Å². The maximum Gasteiger partial charge on any atom is 0.128 e. The van der Waals surface area contributed by atoms with Crippen molar-refractivity contribution in [3.63, 3.8) is 0 Å². The van der Waals surface area contributed by atoms with E-state index in [1.165, 1.54) is 0 Å². The molecule has 0 radical (unpaired) electrons. The molecular weight excluding hydrogens is 229 g/mol. The van der Waals surface area contributed by atoms with Gasteiger partial charge in [-0.25, -0.2) is 4.39 Å². The van der Waals surface area contributed by atoms with Crippen LogP contribution in [0, 0.1) is 12.7 Å². The van der Waals surface area contributed by atoms with Crippen molar-refractivity contribution in [3.8, 4) is 0 Å². The molecule has 0 saturated carbocycles. The SMILES string of the molecule is CCNC(C1=COCCC1)c1cc(C)ccc1F. The Morgan fingerprint density at radius 2 is 2.28 bits per heavy atom. The monoisotopic (exact) mass is 249 g/mol. The number of aryl methyl sites for hydroxylation is 1. The van der Waals surface area contributed by atoms with Crippen molar-refractivity contribution in [2.75, 3.05) is 13.2 Å². The summed E-state index contributed by atoms with van der Waals surface area (Å²) in [6, 6.07) is 5.18. The van der Waals surface area contributed by atoms with Gasteiger partial charge < -0.3 is 10.1 Å². The molecule has 98 valence electrons. The molecule has 0 bridgehead atoms. The second-order valence-electron chi connectivity index (χ2n) is 4.68. The van der Waals surface area contributed by atoms with Gasteiger partial charge in [-0.1, -0.05) is 24.6 Å². The Balaban J connectivity index is 2.34. The summed E-state index contributed by atoms with van der Waals surface area (Å²) in [5, 5.41) is 3.35. The van der Waals surface area contributed by atoms with Crippen molar-refractivity contribution < 1.29 is 9.13 Å². The van der Waals surface area contributed by atoms with Crippen LogP contribution in [0.3, 0.4) is 0 Å². The first-order valence-electron chi connectivity index (χ1n) is 6.52. The van der Waals surface area contributed by atoms with Crippen LogP contribution >= 0.6 is 0 Å². The van der Waals surface area contributed by atoms with Crippen molar-refractivity contribution in [2.24, 2.45) is 0 Å².